The quantitative estimate of drug-likeness (QED) is 0.630. The molecule has 1 rings (SSSR count). The number of unbranched alkanes of at least 4 members (excludes halogenated alkanes) is 1. The molecule has 68 valence electrons. The molecule has 1 saturated heterocycles. The molecular weight excluding hydrogens is 150 g/mol. The number of hydrogen-bond acceptors (Lipinski definition) is 3. The molecule has 0 aromatic rings. The Morgan fingerprint density at radius 3 is 2.67 bits per heavy atom. The highest BCUT2D eigenvalue weighted by Crippen LogP contribution is 2.08. The van der Waals surface area contributed by atoms with E-state index in [1.165, 1.54) is 0 Å². The van der Waals surface area contributed by atoms with Gasteiger partial charge >= 0.3 is 0 Å². The first-order chi connectivity index (χ1) is 5.83. The minimum absolute atomic E-state index is 0.414. The van der Waals surface area contributed by atoms with E-state index in [1.807, 2.05) is 0 Å². The van der Waals surface area contributed by atoms with Crippen molar-refractivity contribution in [3.8, 4) is 6.07 Å². The molecule has 0 aliphatic carbocycles. The second-order valence-electron chi connectivity index (χ2n) is 3.44. The van der Waals surface area contributed by atoms with Crippen molar-refractivity contribution in [3.05, 3.63) is 0 Å². The zero-order valence-electron chi connectivity index (χ0n) is 7.50. The molecule has 0 bridgehead atoms. The molecular formula is C9H17N3. The van der Waals surface area contributed by atoms with Gasteiger partial charge in [-0.25, -0.2) is 0 Å². The average Bonchev–Trinajstić information content (AvgIpc) is 2.09. The van der Waals surface area contributed by atoms with Gasteiger partial charge in [-0.3, -0.25) is 0 Å². The van der Waals surface area contributed by atoms with E-state index in [2.05, 4.69) is 11.0 Å². The minimum Gasteiger partial charge on any atom is -0.328 e. The van der Waals surface area contributed by atoms with Crippen molar-refractivity contribution in [1.29, 1.82) is 5.26 Å². The lowest BCUT2D eigenvalue weighted by atomic mass is 10.1. The van der Waals surface area contributed by atoms with Crippen LogP contribution in [0.2, 0.25) is 0 Å². The fourth-order valence-corrected chi connectivity index (χ4v) is 1.56. The second kappa shape index (κ2) is 5.13. The lowest BCUT2D eigenvalue weighted by Gasteiger charge is -2.29. The topological polar surface area (TPSA) is 53.0 Å². The van der Waals surface area contributed by atoms with Crippen LogP contribution in [0, 0.1) is 11.3 Å². The normalized spacial score (nSPS) is 20.7. The Morgan fingerprint density at radius 1 is 1.42 bits per heavy atom. The van der Waals surface area contributed by atoms with Gasteiger partial charge in [-0.1, -0.05) is 0 Å². The number of rotatable bonds is 3. The molecule has 1 fully saturated rings. The summed E-state index contributed by atoms with van der Waals surface area (Å²) >= 11 is 0. The van der Waals surface area contributed by atoms with Crippen molar-refractivity contribution < 1.29 is 0 Å². The Hall–Kier alpha value is -0.590. The summed E-state index contributed by atoms with van der Waals surface area (Å²) in [4.78, 5) is 2.40. The molecule has 3 heteroatoms. The summed E-state index contributed by atoms with van der Waals surface area (Å²) in [5, 5.41) is 8.35. The molecule has 12 heavy (non-hydrogen) atoms. The lowest BCUT2D eigenvalue weighted by molar-refractivity contribution is 0.212. The number of hydrogen-bond donors (Lipinski definition) is 1. The maximum absolute atomic E-state index is 8.35. The smallest absolute Gasteiger partial charge is 0.0622 e. The van der Waals surface area contributed by atoms with Crippen LogP contribution in [0.3, 0.4) is 0 Å². The van der Waals surface area contributed by atoms with Crippen LogP contribution in [-0.4, -0.2) is 30.6 Å². The van der Waals surface area contributed by atoms with E-state index in [1.54, 1.807) is 0 Å². The molecule has 1 heterocycles. The number of nitrogens with two attached hydrogens (primary N) is 1. The first-order valence-corrected chi connectivity index (χ1v) is 4.68. The maximum atomic E-state index is 8.35. The van der Waals surface area contributed by atoms with Crippen LogP contribution < -0.4 is 5.73 Å². The Bertz CT molecular complexity index is 154. The number of nitriles is 1. The molecule has 0 aromatic heterocycles. The van der Waals surface area contributed by atoms with Gasteiger partial charge in [0, 0.05) is 12.5 Å². The fraction of sp³-hybridized carbons (Fsp3) is 0.889. The summed E-state index contributed by atoms with van der Waals surface area (Å²) in [7, 11) is 0. The Kier molecular flexibility index (Phi) is 4.06. The number of piperidine rings is 1. The van der Waals surface area contributed by atoms with E-state index in [4.69, 9.17) is 11.0 Å². The molecule has 1 aliphatic rings. The molecule has 0 radical (unpaired) electrons. The lowest BCUT2D eigenvalue weighted by Crippen LogP contribution is -2.39. The van der Waals surface area contributed by atoms with Crippen molar-refractivity contribution in [2.24, 2.45) is 5.73 Å². The van der Waals surface area contributed by atoms with Crippen LogP contribution in [0.15, 0.2) is 0 Å². The van der Waals surface area contributed by atoms with Crippen LogP contribution in [0.4, 0.5) is 0 Å². The Balaban J connectivity index is 2.06. The summed E-state index contributed by atoms with van der Waals surface area (Å²) < 4.78 is 0. The van der Waals surface area contributed by atoms with Crippen LogP contribution in [-0.2, 0) is 0 Å². The van der Waals surface area contributed by atoms with Crippen molar-refractivity contribution >= 4 is 0 Å². The molecule has 0 spiro atoms. The third kappa shape index (κ3) is 3.21. The highest BCUT2D eigenvalue weighted by atomic mass is 15.1. The van der Waals surface area contributed by atoms with E-state index in [9.17, 15) is 0 Å². The van der Waals surface area contributed by atoms with Crippen molar-refractivity contribution in [3.63, 3.8) is 0 Å². The predicted molar refractivity (Wildman–Crippen MR) is 48.5 cm³/mol. The summed E-state index contributed by atoms with van der Waals surface area (Å²) in [5.74, 6) is 0. The van der Waals surface area contributed by atoms with Crippen LogP contribution in [0.1, 0.15) is 25.7 Å². The monoisotopic (exact) mass is 167 g/mol. The van der Waals surface area contributed by atoms with Crippen LogP contribution in [0.25, 0.3) is 0 Å². The zero-order chi connectivity index (χ0) is 8.81. The standard InChI is InChI=1S/C9H17N3/c10-5-1-2-6-12-7-3-9(11)4-8-12/h9H,1-4,6-8,11H2. The van der Waals surface area contributed by atoms with Gasteiger partial charge in [-0.05, 0) is 38.9 Å². The van der Waals surface area contributed by atoms with Gasteiger partial charge in [0.1, 0.15) is 0 Å². The number of likely N-dealkylation sites (tertiary alicyclic amines) is 1. The van der Waals surface area contributed by atoms with E-state index in [-0.39, 0.29) is 0 Å². The molecule has 0 atom stereocenters. The SMILES string of the molecule is N#CCCCN1CCC(N)CC1. The average molecular weight is 167 g/mol. The fourth-order valence-electron chi connectivity index (χ4n) is 1.56. The largest absolute Gasteiger partial charge is 0.328 e. The number of nitrogens with zero attached hydrogens (tertiary/aromatic N) is 2. The van der Waals surface area contributed by atoms with Gasteiger partial charge in [0.15, 0.2) is 0 Å². The summed E-state index contributed by atoms with van der Waals surface area (Å²) in [6.45, 7) is 3.31. The van der Waals surface area contributed by atoms with Crippen LogP contribution >= 0.6 is 0 Å². The molecule has 3 nitrogen and oxygen atoms in total. The van der Waals surface area contributed by atoms with E-state index in [0.717, 1.165) is 38.9 Å². The summed E-state index contributed by atoms with van der Waals surface area (Å²) in [6, 6.07) is 2.58. The molecule has 1 aliphatic heterocycles. The molecule has 0 aromatic carbocycles. The van der Waals surface area contributed by atoms with Gasteiger partial charge in [-0.2, -0.15) is 5.26 Å². The molecule has 0 saturated carbocycles. The van der Waals surface area contributed by atoms with Gasteiger partial charge in [-0.15, -0.1) is 0 Å². The summed E-state index contributed by atoms with van der Waals surface area (Å²) in [6.07, 6.45) is 3.92. The van der Waals surface area contributed by atoms with Gasteiger partial charge < -0.3 is 10.6 Å². The Morgan fingerprint density at radius 2 is 2.08 bits per heavy atom. The maximum Gasteiger partial charge on any atom is 0.0622 e. The summed E-state index contributed by atoms with van der Waals surface area (Å²) in [5.41, 5.74) is 5.77. The zero-order valence-corrected chi connectivity index (χ0v) is 7.50. The van der Waals surface area contributed by atoms with E-state index < -0.39 is 0 Å². The first kappa shape index (κ1) is 9.50. The van der Waals surface area contributed by atoms with E-state index >= 15 is 0 Å². The molecule has 2 N–H and O–H groups in total. The minimum atomic E-state index is 0.414. The molecule has 0 unspecified atom stereocenters. The van der Waals surface area contributed by atoms with E-state index in [0.29, 0.717) is 12.5 Å². The molecule has 0 amide bonds. The third-order valence-corrected chi connectivity index (χ3v) is 2.40. The second-order valence-corrected chi connectivity index (χ2v) is 3.44. The third-order valence-electron chi connectivity index (χ3n) is 2.40. The van der Waals surface area contributed by atoms with Gasteiger partial charge in [0.2, 0.25) is 0 Å². The predicted octanol–water partition coefficient (Wildman–Crippen LogP) is 0.713. The highest BCUT2D eigenvalue weighted by Gasteiger charge is 2.14. The van der Waals surface area contributed by atoms with Gasteiger partial charge in [0.25, 0.3) is 0 Å². The Labute approximate surface area is 74.1 Å². The van der Waals surface area contributed by atoms with Crippen molar-refractivity contribution in [1.82, 2.24) is 4.90 Å². The van der Waals surface area contributed by atoms with Crippen LogP contribution in [0.5, 0.6) is 0 Å². The van der Waals surface area contributed by atoms with Crippen molar-refractivity contribution in [2.75, 3.05) is 19.6 Å². The first-order valence-electron chi connectivity index (χ1n) is 4.68. The van der Waals surface area contributed by atoms with Crippen molar-refractivity contribution in [2.45, 2.75) is 31.7 Å². The van der Waals surface area contributed by atoms with Gasteiger partial charge in [0.05, 0.1) is 6.07 Å². The highest BCUT2D eigenvalue weighted by molar-refractivity contribution is 4.75.